The fourth-order valence-electron chi connectivity index (χ4n) is 6.45. The summed E-state index contributed by atoms with van der Waals surface area (Å²) >= 11 is 0. The molecule has 2 amide bonds. The van der Waals surface area contributed by atoms with Crippen LogP contribution in [-0.2, 0) is 9.59 Å². The Balaban J connectivity index is 4.13. The monoisotopic (exact) mass is 707 g/mol. The van der Waals surface area contributed by atoms with E-state index in [1.54, 1.807) is 0 Å². The molecule has 0 radical (unpaired) electrons. The first-order chi connectivity index (χ1) is 24.5. The third-order valence-electron chi connectivity index (χ3n) is 9.61. The lowest BCUT2D eigenvalue weighted by molar-refractivity contribution is -0.135. The van der Waals surface area contributed by atoms with Gasteiger partial charge in [0.25, 0.3) is 0 Å². The van der Waals surface area contributed by atoms with E-state index in [1.165, 1.54) is 125 Å². The zero-order valence-electron chi connectivity index (χ0n) is 33.0. The molecule has 1 unspecified atom stereocenters. The van der Waals surface area contributed by atoms with Gasteiger partial charge in [0, 0.05) is 39.0 Å². The smallest absolute Gasteiger partial charge is 0.222 e. The Labute approximate surface area is 309 Å². The molecule has 0 aromatic rings. The maximum atomic E-state index is 12.9. The molecule has 0 bridgehead atoms. The number of allylic oxidation sites excluding steroid dienone is 4. The first-order valence-electron chi connectivity index (χ1n) is 21.2. The topological polar surface area (TPSA) is 101 Å². The van der Waals surface area contributed by atoms with Crippen LogP contribution in [0.15, 0.2) is 24.3 Å². The highest BCUT2D eigenvalue weighted by atomic mass is 16.3. The number of hydrogen-bond acceptors (Lipinski definition) is 5. The van der Waals surface area contributed by atoms with Gasteiger partial charge in [0.2, 0.25) is 11.8 Å². The van der Waals surface area contributed by atoms with Crippen LogP contribution in [0.4, 0.5) is 0 Å². The van der Waals surface area contributed by atoms with E-state index in [0.717, 1.165) is 51.4 Å². The lowest BCUT2D eigenvalue weighted by Gasteiger charge is -2.29. The molecule has 0 aliphatic rings. The van der Waals surface area contributed by atoms with Crippen LogP contribution in [0, 0.1) is 0 Å². The molecule has 0 spiro atoms. The average Bonchev–Trinajstić information content (AvgIpc) is 3.11. The van der Waals surface area contributed by atoms with Crippen molar-refractivity contribution in [3.05, 3.63) is 24.3 Å². The van der Waals surface area contributed by atoms with Crippen LogP contribution in [-0.4, -0.2) is 82.4 Å². The minimum Gasteiger partial charge on any atom is -0.395 e. The summed E-state index contributed by atoms with van der Waals surface area (Å²) in [6.07, 6.45) is 40.5. The number of unbranched alkanes of at least 4 members (excludes halogenated alkanes) is 22. The van der Waals surface area contributed by atoms with Gasteiger partial charge in [-0.2, -0.15) is 0 Å². The lowest BCUT2D eigenvalue weighted by Crippen LogP contribution is -2.46. The van der Waals surface area contributed by atoms with Gasteiger partial charge in [-0.3, -0.25) is 9.59 Å². The minimum atomic E-state index is -0.927. The van der Waals surface area contributed by atoms with Crippen LogP contribution in [0.5, 0.6) is 0 Å². The molecule has 1 atom stereocenters. The third kappa shape index (κ3) is 32.2. The van der Waals surface area contributed by atoms with E-state index < -0.39 is 6.10 Å². The van der Waals surface area contributed by atoms with Gasteiger partial charge in [-0.15, -0.1) is 0 Å². The molecule has 3 N–H and O–H groups in total. The first-order valence-corrected chi connectivity index (χ1v) is 21.2. The van der Waals surface area contributed by atoms with Crippen molar-refractivity contribution in [3.8, 4) is 0 Å². The third-order valence-corrected chi connectivity index (χ3v) is 9.61. The van der Waals surface area contributed by atoms with E-state index in [1.807, 2.05) is 0 Å². The largest absolute Gasteiger partial charge is 0.395 e. The van der Waals surface area contributed by atoms with Crippen LogP contribution in [0.25, 0.3) is 0 Å². The van der Waals surface area contributed by atoms with Crippen molar-refractivity contribution < 1.29 is 24.9 Å². The highest BCUT2D eigenvalue weighted by Crippen LogP contribution is 2.13. The zero-order chi connectivity index (χ0) is 36.8. The van der Waals surface area contributed by atoms with Gasteiger partial charge >= 0.3 is 0 Å². The molecule has 0 aromatic heterocycles. The van der Waals surface area contributed by atoms with Crippen LogP contribution in [0.3, 0.4) is 0 Å². The number of amides is 2. The molecule has 0 rings (SSSR count). The molecule has 294 valence electrons. The highest BCUT2D eigenvalue weighted by Gasteiger charge is 2.21. The Bertz CT molecular complexity index is 738. The molecule has 50 heavy (non-hydrogen) atoms. The van der Waals surface area contributed by atoms with E-state index in [-0.39, 0.29) is 51.2 Å². The van der Waals surface area contributed by atoms with Crippen LogP contribution >= 0.6 is 0 Å². The standard InChI is InChI=1S/C43H82N2O5/c1-3-5-7-9-11-13-15-17-19-21-23-25-27-29-31-33-42(49)44(35-37-46)39-41(48)40-45(36-38-47)43(50)34-32-30-28-26-24-22-20-18-16-14-12-10-8-6-4-2/h17-20,41,46-48H,3-16,21-40H2,1-2H3/b19-17-,20-18?. The number of aliphatic hydroxyl groups is 3. The Morgan fingerprint density at radius 1 is 0.460 bits per heavy atom. The van der Waals surface area contributed by atoms with Crippen molar-refractivity contribution in [2.24, 2.45) is 0 Å². The second-order valence-corrected chi connectivity index (χ2v) is 14.4. The molecule has 0 fully saturated rings. The molecule has 0 aliphatic heterocycles. The SMILES string of the molecule is CCCCCCCCC=CCCCCCCCC(=O)N(CCO)CC(O)CN(CCO)C(=O)CCCCCCC/C=C\CCCCCCCC. The van der Waals surface area contributed by atoms with Gasteiger partial charge in [-0.1, -0.05) is 141 Å². The average molecular weight is 707 g/mol. The van der Waals surface area contributed by atoms with Gasteiger partial charge in [0.15, 0.2) is 0 Å². The molecule has 7 nitrogen and oxygen atoms in total. The van der Waals surface area contributed by atoms with Crippen LogP contribution in [0.2, 0.25) is 0 Å². The summed E-state index contributed by atoms with van der Waals surface area (Å²) in [5.41, 5.74) is 0. The molecule has 0 saturated heterocycles. The second-order valence-electron chi connectivity index (χ2n) is 14.4. The van der Waals surface area contributed by atoms with Crippen molar-refractivity contribution in [3.63, 3.8) is 0 Å². The Morgan fingerprint density at radius 2 is 0.740 bits per heavy atom. The Kier molecular flexibility index (Phi) is 37.2. The number of hydrogen-bond donors (Lipinski definition) is 3. The molecule has 0 saturated carbocycles. The van der Waals surface area contributed by atoms with Gasteiger partial charge in [0.1, 0.15) is 0 Å². The van der Waals surface area contributed by atoms with Gasteiger partial charge in [-0.25, -0.2) is 0 Å². The lowest BCUT2D eigenvalue weighted by atomic mass is 10.1. The summed E-state index contributed by atoms with van der Waals surface area (Å²) < 4.78 is 0. The molecule has 0 heterocycles. The fourth-order valence-corrected chi connectivity index (χ4v) is 6.45. The summed E-state index contributed by atoms with van der Waals surface area (Å²) in [4.78, 5) is 28.8. The fraction of sp³-hybridized carbons (Fsp3) is 0.860. The number of aliphatic hydroxyl groups excluding tert-OH is 3. The number of rotatable bonds is 38. The first kappa shape index (κ1) is 48.3. The predicted octanol–water partition coefficient (Wildman–Crippen LogP) is 10.1. The van der Waals surface area contributed by atoms with Crippen molar-refractivity contribution in [2.45, 2.75) is 200 Å². The van der Waals surface area contributed by atoms with E-state index in [0.29, 0.717) is 12.8 Å². The van der Waals surface area contributed by atoms with Crippen molar-refractivity contribution in [1.29, 1.82) is 0 Å². The van der Waals surface area contributed by atoms with Crippen molar-refractivity contribution in [1.82, 2.24) is 9.80 Å². The predicted molar refractivity (Wildman–Crippen MR) is 212 cm³/mol. The summed E-state index contributed by atoms with van der Waals surface area (Å²) in [6.45, 7) is 4.67. The molecule has 7 heteroatoms. The minimum absolute atomic E-state index is 0.0657. The molecular weight excluding hydrogens is 624 g/mol. The molecule has 0 aromatic carbocycles. The van der Waals surface area contributed by atoms with Crippen LogP contribution in [0.1, 0.15) is 194 Å². The summed E-state index contributed by atoms with van der Waals surface area (Å²) in [5.74, 6) is -0.131. The second kappa shape index (κ2) is 38.5. The van der Waals surface area contributed by atoms with Crippen LogP contribution < -0.4 is 0 Å². The Morgan fingerprint density at radius 3 is 1.04 bits per heavy atom. The molecule has 0 aliphatic carbocycles. The maximum Gasteiger partial charge on any atom is 0.222 e. The van der Waals surface area contributed by atoms with E-state index in [4.69, 9.17) is 0 Å². The van der Waals surface area contributed by atoms with E-state index >= 15 is 0 Å². The number of nitrogens with zero attached hydrogens (tertiary/aromatic N) is 2. The van der Waals surface area contributed by atoms with E-state index in [2.05, 4.69) is 38.2 Å². The number of carbonyl (C=O) groups excluding carboxylic acids is 2. The quantitative estimate of drug-likeness (QED) is 0.0438. The maximum absolute atomic E-state index is 12.9. The summed E-state index contributed by atoms with van der Waals surface area (Å²) in [6, 6.07) is 0. The zero-order valence-corrected chi connectivity index (χ0v) is 33.0. The molecular formula is C43H82N2O5. The van der Waals surface area contributed by atoms with Gasteiger partial charge in [-0.05, 0) is 64.2 Å². The summed E-state index contributed by atoms with van der Waals surface area (Å²) in [5, 5.41) is 29.9. The Hall–Kier alpha value is -1.70. The highest BCUT2D eigenvalue weighted by molar-refractivity contribution is 5.77. The van der Waals surface area contributed by atoms with Crippen molar-refractivity contribution in [2.75, 3.05) is 39.4 Å². The normalized spacial score (nSPS) is 12.3. The summed E-state index contributed by atoms with van der Waals surface area (Å²) in [7, 11) is 0. The van der Waals surface area contributed by atoms with Gasteiger partial charge in [0.05, 0.1) is 19.3 Å². The number of carbonyl (C=O) groups is 2. The van der Waals surface area contributed by atoms with E-state index in [9.17, 15) is 24.9 Å². The van der Waals surface area contributed by atoms with Crippen molar-refractivity contribution >= 4 is 11.8 Å². The van der Waals surface area contributed by atoms with Gasteiger partial charge < -0.3 is 25.1 Å².